The molecule has 0 spiro atoms. The van der Waals surface area contributed by atoms with Gasteiger partial charge in [0.1, 0.15) is 0 Å². The van der Waals surface area contributed by atoms with Crippen molar-refractivity contribution in [2.45, 2.75) is 12.0 Å². The van der Waals surface area contributed by atoms with E-state index in [1.807, 2.05) is 18.2 Å². The van der Waals surface area contributed by atoms with Crippen LogP contribution in [0.4, 0.5) is 0 Å². The maximum absolute atomic E-state index is 12.7. The van der Waals surface area contributed by atoms with Crippen molar-refractivity contribution >= 4 is 5.97 Å². The van der Waals surface area contributed by atoms with E-state index in [1.165, 1.54) is 7.11 Å². The first-order chi connectivity index (χ1) is 15.6. The molecule has 2 aromatic carbocycles. The van der Waals surface area contributed by atoms with Gasteiger partial charge in [-0.2, -0.15) is 0 Å². The summed E-state index contributed by atoms with van der Waals surface area (Å²) in [7, 11) is 4.63. The van der Waals surface area contributed by atoms with Gasteiger partial charge >= 0.3 is 5.97 Å². The average Bonchev–Trinajstić information content (AvgIpc) is 3.45. The minimum Gasteiger partial charge on any atom is -0.493 e. The number of hydrazine groups is 1. The van der Waals surface area contributed by atoms with Gasteiger partial charge in [0.15, 0.2) is 23.0 Å². The van der Waals surface area contributed by atoms with E-state index in [0.717, 1.165) is 11.1 Å². The Hall–Kier alpha value is -3.21. The second-order valence-corrected chi connectivity index (χ2v) is 7.54. The minimum atomic E-state index is -0.843. The van der Waals surface area contributed by atoms with Crippen molar-refractivity contribution in [1.29, 1.82) is 0 Å². The van der Waals surface area contributed by atoms with E-state index in [2.05, 4.69) is 11.7 Å². The molecule has 3 aliphatic rings. The topological polar surface area (TPSA) is 145 Å². The lowest BCUT2D eigenvalue weighted by Gasteiger charge is -2.37. The molecule has 2 aromatic rings. The van der Waals surface area contributed by atoms with Crippen LogP contribution >= 0.6 is 0 Å². The number of carbonyl (C=O) groups excluding carboxylic acids is 1. The zero-order chi connectivity index (χ0) is 23.0. The Morgan fingerprint density at radius 1 is 0.906 bits per heavy atom. The minimum absolute atomic E-state index is 0.123. The highest BCUT2D eigenvalue weighted by atomic mass is 16.7. The van der Waals surface area contributed by atoms with Crippen LogP contribution in [0.1, 0.15) is 28.7 Å². The van der Waals surface area contributed by atoms with Gasteiger partial charge < -0.3 is 33.5 Å². The van der Waals surface area contributed by atoms with Gasteiger partial charge in [-0.05, 0) is 41.0 Å². The first-order valence-corrected chi connectivity index (χ1v) is 9.98. The number of methoxy groups -OCH3 is 3. The maximum atomic E-state index is 12.7. The highest BCUT2D eigenvalue weighted by Crippen LogP contribution is 2.55. The fourth-order valence-corrected chi connectivity index (χ4v) is 4.81. The summed E-state index contributed by atoms with van der Waals surface area (Å²) < 4.78 is 32.9. The van der Waals surface area contributed by atoms with Crippen LogP contribution in [-0.4, -0.2) is 45.8 Å². The fraction of sp³-hybridized carbons (Fsp3) is 0.409. The molecule has 32 heavy (non-hydrogen) atoms. The lowest BCUT2D eigenvalue weighted by atomic mass is 9.66. The van der Waals surface area contributed by atoms with E-state index < -0.39 is 12.0 Å². The Morgan fingerprint density at radius 2 is 1.50 bits per heavy atom. The Labute approximate surface area is 184 Å². The van der Waals surface area contributed by atoms with Crippen molar-refractivity contribution in [2.24, 2.45) is 23.5 Å². The van der Waals surface area contributed by atoms with Gasteiger partial charge in [0, 0.05) is 11.8 Å². The standard InChI is InChI=1S/C22H22O8.H4N2/c1-25-16-4-10(5-17(26-2)21(16)27-3)18-11-6-14-15(30-9-29-14)7-12(11)20(23)13-8-28-22(24)19(13)18;1-2/h4-7,13,18-20,23H,8-9H2,1-3H3;1-2H2/t13?,18-,19-,20+;/m1./s1. The number of aliphatic hydroxyl groups is 1. The molecule has 0 radical (unpaired) electrons. The number of cyclic esters (lactones) is 1. The van der Waals surface area contributed by atoms with Gasteiger partial charge in [-0.15, -0.1) is 0 Å². The van der Waals surface area contributed by atoms with Crippen LogP contribution < -0.4 is 35.4 Å². The molecular weight excluding hydrogens is 420 g/mol. The number of benzene rings is 2. The van der Waals surface area contributed by atoms with Crippen molar-refractivity contribution in [2.75, 3.05) is 34.7 Å². The summed E-state index contributed by atoms with van der Waals surface area (Å²) in [6, 6.07) is 7.31. The van der Waals surface area contributed by atoms with Crippen LogP contribution in [0.25, 0.3) is 0 Å². The smallest absolute Gasteiger partial charge is 0.310 e. The Balaban J connectivity index is 0.00000119. The summed E-state index contributed by atoms with van der Waals surface area (Å²) in [4.78, 5) is 12.7. The van der Waals surface area contributed by atoms with Gasteiger partial charge in [0.25, 0.3) is 0 Å². The summed E-state index contributed by atoms with van der Waals surface area (Å²) in [5, 5.41) is 11.0. The third kappa shape index (κ3) is 3.27. The first-order valence-electron chi connectivity index (χ1n) is 9.98. The predicted octanol–water partition coefficient (Wildman–Crippen LogP) is 1.23. The number of nitrogens with two attached hydrogens (primary N) is 2. The predicted molar refractivity (Wildman–Crippen MR) is 112 cm³/mol. The molecule has 4 atom stereocenters. The largest absolute Gasteiger partial charge is 0.493 e. The molecule has 0 amide bonds. The van der Waals surface area contributed by atoms with Crippen LogP contribution in [-0.2, 0) is 9.53 Å². The van der Waals surface area contributed by atoms with Crippen LogP contribution in [0.3, 0.4) is 0 Å². The van der Waals surface area contributed by atoms with E-state index in [4.69, 9.17) is 28.4 Å². The van der Waals surface area contributed by atoms with Gasteiger partial charge in [0.2, 0.25) is 12.5 Å². The van der Waals surface area contributed by atoms with Crippen molar-refractivity contribution in [3.63, 3.8) is 0 Å². The Kier molecular flexibility index (Phi) is 6.00. The van der Waals surface area contributed by atoms with Crippen LogP contribution in [0.2, 0.25) is 0 Å². The summed E-state index contributed by atoms with van der Waals surface area (Å²) in [6.07, 6.45) is -0.843. The summed E-state index contributed by atoms with van der Waals surface area (Å²) in [5.41, 5.74) is 2.30. The number of hydrogen-bond acceptors (Lipinski definition) is 10. The average molecular weight is 446 g/mol. The molecule has 10 heteroatoms. The molecular formula is C22H26N2O8. The molecule has 1 saturated heterocycles. The molecule has 172 valence electrons. The van der Waals surface area contributed by atoms with E-state index in [0.29, 0.717) is 34.3 Å². The number of fused-ring (bicyclic) bond motifs is 3. The molecule has 0 saturated carbocycles. The van der Waals surface area contributed by atoms with Crippen LogP contribution in [0.15, 0.2) is 24.3 Å². The van der Waals surface area contributed by atoms with Gasteiger partial charge in [-0.25, -0.2) is 0 Å². The second-order valence-electron chi connectivity index (χ2n) is 7.54. The van der Waals surface area contributed by atoms with E-state index in [-0.39, 0.29) is 31.2 Å². The zero-order valence-corrected chi connectivity index (χ0v) is 18.0. The third-order valence-electron chi connectivity index (χ3n) is 6.19. The summed E-state index contributed by atoms with van der Waals surface area (Å²) in [6.45, 7) is 0.289. The maximum Gasteiger partial charge on any atom is 0.310 e. The molecule has 5 rings (SSSR count). The fourth-order valence-electron chi connectivity index (χ4n) is 4.81. The molecule has 0 bridgehead atoms. The third-order valence-corrected chi connectivity index (χ3v) is 6.19. The van der Waals surface area contributed by atoms with Gasteiger partial charge in [-0.3, -0.25) is 16.5 Å². The second kappa shape index (κ2) is 8.73. The number of esters is 1. The molecule has 2 heterocycles. The van der Waals surface area contributed by atoms with E-state index >= 15 is 0 Å². The molecule has 0 aromatic heterocycles. The molecule has 1 unspecified atom stereocenters. The van der Waals surface area contributed by atoms with Crippen molar-refractivity contribution in [3.05, 3.63) is 41.0 Å². The van der Waals surface area contributed by atoms with Gasteiger partial charge in [-0.1, -0.05) is 0 Å². The molecule has 5 N–H and O–H groups in total. The number of rotatable bonds is 4. The number of ether oxygens (including phenoxy) is 6. The molecule has 10 nitrogen and oxygen atoms in total. The first kappa shape index (κ1) is 22.0. The Morgan fingerprint density at radius 3 is 2.06 bits per heavy atom. The molecule has 2 aliphatic heterocycles. The highest BCUT2D eigenvalue weighted by Gasteiger charge is 2.52. The van der Waals surface area contributed by atoms with Crippen molar-refractivity contribution in [3.8, 4) is 28.7 Å². The number of carbonyl (C=O) groups is 1. The van der Waals surface area contributed by atoms with Crippen LogP contribution in [0.5, 0.6) is 28.7 Å². The number of hydrogen-bond donors (Lipinski definition) is 3. The molecule has 1 fully saturated rings. The lowest BCUT2D eigenvalue weighted by Crippen LogP contribution is -2.34. The lowest BCUT2D eigenvalue weighted by molar-refractivity contribution is -0.141. The monoisotopic (exact) mass is 446 g/mol. The van der Waals surface area contributed by atoms with Crippen molar-refractivity contribution < 1.29 is 38.3 Å². The van der Waals surface area contributed by atoms with E-state index in [1.54, 1.807) is 20.3 Å². The summed E-state index contributed by atoms with van der Waals surface area (Å²) in [5.74, 6) is 8.99. The SMILES string of the molecule is COc1cc([C@@H]2c3cc4c(cc3[C@H](O)C3COC(=O)[C@H]32)OCO4)cc(OC)c1OC.NN. The molecule has 1 aliphatic carbocycles. The Bertz CT molecular complexity index is 1000. The normalized spacial score (nSPS) is 24.5. The van der Waals surface area contributed by atoms with Gasteiger partial charge in [0.05, 0.1) is 40.0 Å². The van der Waals surface area contributed by atoms with E-state index in [9.17, 15) is 9.90 Å². The summed E-state index contributed by atoms with van der Waals surface area (Å²) >= 11 is 0. The quantitative estimate of drug-likeness (QED) is 0.356. The highest BCUT2D eigenvalue weighted by molar-refractivity contribution is 5.79. The van der Waals surface area contributed by atoms with Crippen molar-refractivity contribution in [1.82, 2.24) is 0 Å². The zero-order valence-electron chi connectivity index (χ0n) is 18.0. The number of aliphatic hydroxyl groups excluding tert-OH is 1. The van der Waals surface area contributed by atoms with Crippen LogP contribution in [0, 0.1) is 11.8 Å².